The van der Waals surface area contributed by atoms with E-state index in [2.05, 4.69) is 35.8 Å². The Hall–Kier alpha value is -0.520. The number of aromatic nitrogens is 2. The SMILES string of the molecule is Brc1ccc2ncc(SN3CCCCC3)n2c1. The number of rotatable bonds is 2. The first-order valence-corrected chi connectivity index (χ1v) is 7.45. The highest BCUT2D eigenvalue weighted by Crippen LogP contribution is 2.27. The van der Waals surface area contributed by atoms with Crippen molar-refractivity contribution >= 4 is 33.5 Å². The molecule has 5 heteroatoms. The molecule has 1 aliphatic rings. The maximum Gasteiger partial charge on any atom is 0.137 e. The highest BCUT2D eigenvalue weighted by molar-refractivity contribution is 9.10. The first-order valence-electron chi connectivity index (χ1n) is 5.88. The molecule has 3 heterocycles. The van der Waals surface area contributed by atoms with E-state index < -0.39 is 0 Å². The van der Waals surface area contributed by atoms with E-state index in [1.165, 1.54) is 37.4 Å². The summed E-state index contributed by atoms with van der Waals surface area (Å²) in [7, 11) is 0. The van der Waals surface area contributed by atoms with E-state index in [0.717, 1.165) is 10.1 Å². The van der Waals surface area contributed by atoms with Gasteiger partial charge in [-0.15, -0.1) is 0 Å². The Balaban J connectivity index is 1.86. The van der Waals surface area contributed by atoms with Crippen molar-refractivity contribution in [2.75, 3.05) is 13.1 Å². The van der Waals surface area contributed by atoms with Gasteiger partial charge in [-0.1, -0.05) is 6.42 Å². The van der Waals surface area contributed by atoms with Crippen molar-refractivity contribution in [3.63, 3.8) is 0 Å². The van der Waals surface area contributed by atoms with Gasteiger partial charge in [-0.2, -0.15) is 0 Å². The molecule has 90 valence electrons. The Bertz CT molecular complexity index is 519. The molecule has 3 rings (SSSR count). The molecule has 0 spiro atoms. The lowest BCUT2D eigenvalue weighted by Gasteiger charge is -2.24. The topological polar surface area (TPSA) is 20.5 Å². The molecule has 2 aromatic heterocycles. The van der Waals surface area contributed by atoms with Gasteiger partial charge in [-0.05, 0) is 52.9 Å². The second kappa shape index (κ2) is 5.00. The van der Waals surface area contributed by atoms with Crippen LogP contribution in [-0.2, 0) is 0 Å². The number of hydrogen-bond donors (Lipinski definition) is 0. The van der Waals surface area contributed by atoms with Crippen LogP contribution in [0.5, 0.6) is 0 Å². The third kappa shape index (κ3) is 2.51. The lowest BCUT2D eigenvalue weighted by molar-refractivity contribution is 0.380. The number of halogens is 1. The van der Waals surface area contributed by atoms with Crippen molar-refractivity contribution in [1.29, 1.82) is 0 Å². The molecule has 0 unspecified atom stereocenters. The van der Waals surface area contributed by atoms with E-state index in [1.54, 1.807) is 0 Å². The van der Waals surface area contributed by atoms with Crippen molar-refractivity contribution < 1.29 is 0 Å². The monoisotopic (exact) mass is 311 g/mol. The molecule has 1 saturated heterocycles. The largest absolute Gasteiger partial charge is 0.292 e. The summed E-state index contributed by atoms with van der Waals surface area (Å²) in [6.45, 7) is 2.37. The summed E-state index contributed by atoms with van der Waals surface area (Å²) in [5, 5.41) is 1.20. The van der Waals surface area contributed by atoms with Gasteiger partial charge in [-0.25, -0.2) is 9.29 Å². The third-order valence-electron chi connectivity index (χ3n) is 2.97. The maximum absolute atomic E-state index is 4.42. The molecule has 0 aromatic carbocycles. The Morgan fingerprint density at radius 2 is 2.00 bits per heavy atom. The van der Waals surface area contributed by atoms with Gasteiger partial charge in [0.25, 0.3) is 0 Å². The maximum atomic E-state index is 4.42. The summed E-state index contributed by atoms with van der Waals surface area (Å²) in [5.74, 6) is 0. The quantitative estimate of drug-likeness (QED) is 0.791. The van der Waals surface area contributed by atoms with Gasteiger partial charge >= 0.3 is 0 Å². The zero-order valence-corrected chi connectivity index (χ0v) is 11.9. The second-order valence-corrected chi connectivity index (χ2v) is 6.29. The minimum Gasteiger partial charge on any atom is -0.292 e. The minimum atomic E-state index is 1.01. The van der Waals surface area contributed by atoms with Crippen LogP contribution in [-0.4, -0.2) is 26.8 Å². The number of fused-ring (bicyclic) bond motifs is 1. The molecule has 0 atom stereocenters. The fourth-order valence-electron chi connectivity index (χ4n) is 2.09. The van der Waals surface area contributed by atoms with Crippen LogP contribution in [0, 0.1) is 0 Å². The van der Waals surface area contributed by atoms with Crippen molar-refractivity contribution in [3.05, 3.63) is 29.0 Å². The fraction of sp³-hybridized carbons (Fsp3) is 0.417. The summed E-state index contributed by atoms with van der Waals surface area (Å²) in [6, 6.07) is 4.06. The van der Waals surface area contributed by atoms with E-state index >= 15 is 0 Å². The highest BCUT2D eigenvalue weighted by atomic mass is 79.9. The predicted molar refractivity (Wildman–Crippen MR) is 74.2 cm³/mol. The summed E-state index contributed by atoms with van der Waals surface area (Å²) < 4.78 is 5.67. The summed E-state index contributed by atoms with van der Waals surface area (Å²) in [6.07, 6.45) is 8.03. The first kappa shape index (κ1) is 11.6. The second-order valence-electron chi connectivity index (χ2n) is 4.25. The van der Waals surface area contributed by atoms with Crippen LogP contribution in [0.3, 0.4) is 0 Å². The van der Waals surface area contributed by atoms with E-state index in [-0.39, 0.29) is 0 Å². The summed E-state index contributed by atoms with van der Waals surface area (Å²) >= 11 is 5.33. The van der Waals surface area contributed by atoms with Crippen LogP contribution < -0.4 is 0 Å². The van der Waals surface area contributed by atoms with Gasteiger partial charge in [0.15, 0.2) is 0 Å². The molecule has 0 N–H and O–H groups in total. The molecular formula is C12H14BrN3S. The molecule has 0 bridgehead atoms. The molecule has 1 fully saturated rings. The highest BCUT2D eigenvalue weighted by Gasteiger charge is 2.13. The number of nitrogens with zero attached hydrogens (tertiary/aromatic N) is 3. The van der Waals surface area contributed by atoms with Gasteiger partial charge in [0.2, 0.25) is 0 Å². The fourth-order valence-corrected chi connectivity index (χ4v) is 3.46. The predicted octanol–water partition coefficient (Wildman–Crippen LogP) is 3.59. The van der Waals surface area contributed by atoms with Gasteiger partial charge in [0.05, 0.1) is 6.20 Å². The molecule has 0 saturated carbocycles. The summed E-state index contributed by atoms with van der Waals surface area (Å²) in [5.41, 5.74) is 1.01. The standard InChI is InChI=1S/C12H14BrN3S/c13-10-4-5-11-14-8-12(16(11)9-10)17-15-6-2-1-3-7-15/h4-5,8-9H,1-3,6-7H2. The van der Waals surface area contributed by atoms with E-state index in [1.807, 2.05) is 30.3 Å². The van der Waals surface area contributed by atoms with Gasteiger partial charge in [-0.3, -0.25) is 4.40 Å². The zero-order chi connectivity index (χ0) is 11.7. The van der Waals surface area contributed by atoms with E-state index in [9.17, 15) is 0 Å². The van der Waals surface area contributed by atoms with Gasteiger partial charge < -0.3 is 0 Å². The van der Waals surface area contributed by atoms with Crippen molar-refractivity contribution in [2.45, 2.75) is 24.3 Å². The van der Waals surface area contributed by atoms with Gasteiger partial charge in [0, 0.05) is 23.8 Å². The normalized spacial score (nSPS) is 17.7. The van der Waals surface area contributed by atoms with Crippen molar-refractivity contribution in [1.82, 2.24) is 13.7 Å². The van der Waals surface area contributed by atoms with Gasteiger partial charge in [0.1, 0.15) is 10.7 Å². The van der Waals surface area contributed by atoms with E-state index in [4.69, 9.17) is 0 Å². The van der Waals surface area contributed by atoms with Crippen LogP contribution in [0.25, 0.3) is 5.65 Å². The molecule has 3 nitrogen and oxygen atoms in total. The van der Waals surface area contributed by atoms with Crippen LogP contribution in [0.15, 0.2) is 34.0 Å². The number of hydrogen-bond acceptors (Lipinski definition) is 3. The Morgan fingerprint density at radius 3 is 2.82 bits per heavy atom. The zero-order valence-electron chi connectivity index (χ0n) is 9.47. The summed E-state index contributed by atoms with van der Waals surface area (Å²) in [4.78, 5) is 4.42. The minimum absolute atomic E-state index is 1.01. The van der Waals surface area contributed by atoms with E-state index in [0.29, 0.717) is 0 Å². The number of pyridine rings is 1. The molecule has 1 aliphatic heterocycles. The van der Waals surface area contributed by atoms with Crippen LogP contribution in [0.4, 0.5) is 0 Å². The molecule has 0 amide bonds. The molecule has 0 aliphatic carbocycles. The van der Waals surface area contributed by atoms with Crippen LogP contribution in [0.2, 0.25) is 0 Å². The molecule has 2 aromatic rings. The Kier molecular flexibility index (Phi) is 3.40. The van der Waals surface area contributed by atoms with Crippen molar-refractivity contribution in [3.8, 4) is 0 Å². The van der Waals surface area contributed by atoms with Crippen LogP contribution in [0.1, 0.15) is 19.3 Å². The van der Waals surface area contributed by atoms with Crippen LogP contribution >= 0.6 is 27.9 Å². The van der Waals surface area contributed by atoms with Crippen molar-refractivity contribution in [2.24, 2.45) is 0 Å². The molecular weight excluding hydrogens is 298 g/mol. The Labute approximate surface area is 113 Å². The lowest BCUT2D eigenvalue weighted by atomic mass is 10.2. The third-order valence-corrected chi connectivity index (χ3v) is 4.55. The smallest absolute Gasteiger partial charge is 0.137 e. The lowest BCUT2D eigenvalue weighted by Crippen LogP contribution is -2.22. The Morgan fingerprint density at radius 1 is 1.18 bits per heavy atom. The first-order chi connectivity index (χ1) is 8.33. The average molecular weight is 312 g/mol. The number of piperidine rings is 1. The molecule has 0 radical (unpaired) electrons. The molecule has 17 heavy (non-hydrogen) atoms. The number of imidazole rings is 1. The average Bonchev–Trinajstić information content (AvgIpc) is 2.73.